The lowest BCUT2D eigenvalue weighted by molar-refractivity contribution is 0.887. The van der Waals surface area contributed by atoms with Crippen molar-refractivity contribution in [2.24, 2.45) is 0 Å². The van der Waals surface area contributed by atoms with E-state index in [4.69, 9.17) is 11.6 Å². The van der Waals surface area contributed by atoms with Crippen molar-refractivity contribution in [1.82, 2.24) is 4.98 Å². The summed E-state index contributed by atoms with van der Waals surface area (Å²) in [6.07, 6.45) is 1.81. The van der Waals surface area contributed by atoms with Crippen LogP contribution in [-0.2, 0) is 0 Å². The fourth-order valence-electron chi connectivity index (χ4n) is 2.32. The van der Waals surface area contributed by atoms with E-state index in [1.54, 1.807) is 0 Å². The summed E-state index contributed by atoms with van der Waals surface area (Å²) < 4.78 is 0. The van der Waals surface area contributed by atoms with Crippen LogP contribution in [0.1, 0.15) is 18.5 Å². The number of rotatable bonds is 3. The van der Waals surface area contributed by atoms with E-state index in [1.807, 2.05) is 42.6 Å². The second-order valence-electron chi connectivity index (χ2n) is 4.80. The largest absolute Gasteiger partial charge is 0.378 e. The number of pyridine rings is 1. The molecule has 1 N–H and O–H groups in total. The van der Waals surface area contributed by atoms with Gasteiger partial charge in [0.15, 0.2) is 0 Å². The van der Waals surface area contributed by atoms with Crippen LogP contribution in [0.3, 0.4) is 0 Å². The lowest BCUT2D eigenvalue weighted by atomic mass is 10.1. The van der Waals surface area contributed by atoms with Gasteiger partial charge in [-0.15, -0.1) is 0 Å². The maximum Gasteiger partial charge on any atom is 0.0722 e. The van der Waals surface area contributed by atoms with Gasteiger partial charge in [-0.05, 0) is 48.9 Å². The van der Waals surface area contributed by atoms with Gasteiger partial charge in [0, 0.05) is 28.3 Å². The zero-order valence-electron chi connectivity index (χ0n) is 11.2. The van der Waals surface area contributed by atoms with Crippen LogP contribution in [0.15, 0.2) is 60.8 Å². The Hall–Kier alpha value is -2.06. The average Bonchev–Trinajstić information content (AvgIpc) is 2.47. The predicted molar refractivity (Wildman–Crippen MR) is 85.2 cm³/mol. The van der Waals surface area contributed by atoms with E-state index in [-0.39, 0.29) is 6.04 Å². The Balaban J connectivity index is 1.93. The van der Waals surface area contributed by atoms with Gasteiger partial charge in [0.05, 0.1) is 5.52 Å². The van der Waals surface area contributed by atoms with Gasteiger partial charge in [-0.25, -0.2) is 0 Å². The zero-order chi connectivity index (χ0) is 13.9. The quantitative estimate of drug-likeness (QED) is 0.726. The molecule has 3 rings (SSSR count). The molecule has 1 atom stereocenters. The Bertz CT molecular complexity index is 734. The molecular formula is C17H15ClN2. The van der Waals surface area contributed by atoms with Crippen LogP contribution in [-0.4, -0.2) is 4.98 Å². The Morgan fingerprint density at radius 1 is 1.05 bits per heavy atom. The molecule has 1 aromatic heterocycles. The van der Waals surface area contributed by atoms with E-state index in [0.29, 0.717) is 0 Å². The molecule has 0 fully saturated rings. The van der Waals surface area contributed by atoms with Crippen LogP contribution in [0.25, 0.3) is 10.9 Å². The monoisotopic (exact) mass is 282 g/mol. The molecule has 0 saturated carbocycles. The van der Waals surface area contributed by atoms with Gasteiger partial charge in [0.25, 0.3) is 0 Å². The number of nitrogens with one attached hydrogen (secondary N) is 1. The molecule has 100 valence electrons. The van der Waals surface area contributed by atoms with Crippen molar-refractivity contribution in [2.45, 2.75) is 13.0 Å². The van der Waals surface area contributed by atoms with Crippen LogP contribution in [0, 0.1) is 0 Å². The number of benzene rings is 2. The van der Waals surface area contributed by atoms with Crippen LogP contribution >= 0.6 is 11.6 Å². The number of hydrogen-bond donors (Lipinski definition) is 1. The molecule has 1 heterocycles. The Morgan fingerprint density at radius 2 is 1.90 bits per heavy atom. The van der Waals surface area contributed by atoms with E-state index in [0.717, 1.165) is 21.6 Å². The third kappa shape index (κ3) is 2.61. The Kier molecular flexibility index (Phi) is 3.57. The summed E-state index contributed by atoms with van der Waals surface area (Å²) >= 11 is 6.05. The highest BCUT2D eigenvalue weighted by Crippen LogP contribution is 2.26. The highest BCUT2D eigenvalue weighted by Gasteiger charge is 2.08. The van der Waals surface area contributed by atoms with E-state index in [2.05, 4.69) is 35.4 Å². The summed E-state index contributed by atoms with van der Waals surface area (Å²) in [6.45, 7) is 2.13. The van der Waals surface area contributed by atoms with Crippen LogP contribution in [0.2, 0.25) is 5.02 Å². The lowest BCUT2D eigenvalue weighted by Gasteiger charge is -2.17. The maximum absolute atomic E-state index is 6.05. The SMILES string of the molecule is CC(Nc1cccc2ncccc12)c1cccc(Cl)c1. The molecule has 1 unspecified atom stereocenters. The highest BCUT2D eigenvalue weighted by atomic mass is 35.5. The number of nitrogens with zero attached hydrogens (tertiary/aromatic N) is 1. The van der Waals surface area contributed by atoms with Gasteiger partial charge in [0.1, 0.15) is 0 Å². The molecule has 0 saturated heterocycles. The van der Waals surface area contributed by atoms with Crippen molar-refractivity contribution >= 4 is 28.2 Å². The Morgan fingerprint density at radius 3 is 2.75 bits per heavy atom. The summed E-state index contributed by atoms with van der Waals surface area (Å²) in [5, 5.41) is 5.42. The fourth-order valence-corrected chi connectivity index (χ4v) is 2.52. The molecule has 0 aliphatic heterocycles. The maximum atomic E-state index is 6.05. The van der Waals surface area contributed by atoms with Crippen LogP contribution in [0.4, 0.5) is 5.69 Å². The minimum absolute atomic E-state index is 0.180. The first-order valence-electron chi connectivity index (χ1n) is 6.60. The van der Waals surface area contributed by atoms with E-state index >= 15 is 0 Å². The first kappa shape index (κ1) is 12.9. The predicted octanol–water partition coefficient (Wildman–Crippen LogP) is 5.06. The normalized spacial score (nSPS) is 12.3. The van der Waals surface area contributed by atoms with Crippen molar-refractivity contribution in [2.75, 3.05) is 5.32 Å². The van der Waals surface area contributed by atoms with Gasteiger partial charge in [-0.2, -0.15) is 0 Å². The molecule has 0 aliphatic rings. The van der Waals surface area contributed by atoms with Crippen molar-refractivity contribution < 1.29 is 0 Å². The molecule has 0 spiro atoms. The molecule has 0 amide bonds. The third-order valence-electron chi connectivity index (χ3n) is 3.37. The molecule has 3 heteroatoms. The number of halogens is 1. The molecule has 2 nitrogen and oxygen atoms in total. The minimum atomic E-state index is 0.180. The minimum Gasteiger partial charge on any atom is -0.378 e. The topological polar surface area (TPSA) is 24.9 Å². The van der Waals surface area contributed by atoms with Crippen molar-refractivity contribution in [3.8, 4) is 0 Å². The standard InChI is InChI=1S/C17H15ClN2/c1-12(13-5-2-6-14(18)11-13)20-17-9-3-8-16-15(17)7-4-10-19-16/h2-12,20H,1H3. The molecule has 0 radical (unpaired) electrons. The van der Waals surface area contributed by atoms with Crippen LogP contribution in [0.5, 0.6) is 0 Å². The molecule has 20 heavy (non-hydrogen) atoms. The van der Waals surface area contributed by atoms with Gasteiger partial charge in [-0.3, -0.25) is 4.98 Å². The summed E-state index contributed by atoms with van der Waals surface area (Å²) in [7, 11) is 0. The number of fused-ring (bicyclic) bond motifs is 1. The third-order valence-corrected chi connectivity index (χ3v) is 3.60. The summed E-state index contributed by atoms with van der Waals surface area (Å²) in [5.74, 6) is 0. The molecule has 0 aliphatic carbocycles. The molecular weight excluding hydrogens is 268 g/mol. The Labute approximate surface area is 123 Å². The van der Waals surface area contributed by atoms with Crippen LogP contribution < -0.4 is 5.32 Å². The molecule has 2 aromatic carbocycles. The van der Waals surface area contributed by atoms with Crippen molar-refractivity contribution in [1.29, 1.82) is 0 Å². The first-order valence-corrected chi connectivity index (χ1v) is 6.97. The number of hydrogen-bond acceptors (Lipinski definition) is 2. The number of aromatic nitrogens is 1. The lowest BCUT2D eigenvalue weighted by Crippen LogP contribution is -2.06. The van der Waals surface area contributed by atoms with Gasteiger partial charge < -0.3 is 5.32 Å². The second-order valence-corrected chi connectivity index (χ2v) is 5.23. The van der Waals surface area contributed by atoms with Gasteiger partial charge in [0.2, 0.25) is 0 Å². The molecule has 0 bridgehead atoms. The zero-order valence-corrected chi connectivity index (χ0v) is 11.9. The number of anilines is 1. The summed E-state index contributed by atoms with van der Waals surface area (Å²) in [5.41, 5.74) is 3.25. The van der Waals surface area contributed by atoms with Crippen molar-refractivity contribution in [3.05, 3.63) is 71.4 Å². The van der Waals surface area contributed by atoms with Gasteiger partial charge in [-0.1, -0.05) is 29.8 Å². The van der Waals surface area contributed by atoms with Gasteiger partial charge >= 0.3 is 0 Å². The molecule has 3 aromatic rings. The second kappa shape index (κ2) is 5.51. The average molecular weight is 283 g/mol. The first-order chi connectivity index (χ1) is 9.74. The van der Waals surface area contributed by atoms with E-state index in [9.17, 15) is 0 Å². The summed E-state index contributed by atoms with van der Waals surface area (Å²) in [4.78, 5) is 4.37. The fraction of sp³-hybridized carbons (Fsp3) is 0.118. The van der Waals surface area contributed by atoms with E-state index < -0.39 is 0 Å². The van der Waals surface area contributed by atoms with E-state index in [1.165, 1.54) is 5.56 Å². The van der Waals surface area contributed by atoms with Crippen molar-refractivity contribution in [3.63, 3.8) is 0 Å². The highest BCUT2D eigenvalue weighted by molar-refractivity contribution is 6.30. The smallest absolute Gasteiger partial charge is 0.0722 e. The summed E-state index contributed by atoms with van der Waals surface area (Å²) in [6, 6.07) is 18.3.